The molecule has 0 aliphatic rings. The first-order chi connectivity index (χ1) is 6.60. The number of rotatable bonds is 8. The summed E-state index contributed by atoms with van der Waals surface area (Å²) in [7, 11) is 0. The Balaban J connectivity index is 4.19. The lowest BCUT2D eigenvalue weighted by Crippen LogP contribution is -2.36. The number of aliphatic hydroxyl groups is 1. The highest BCUT2D eigenvalue weighted by molar-refractivity contribution is 4.83. The summed E-state index contributed by atoms with van der Waals surface area (Å²) in [4.78, 5) is 0. The summed E-state index contributed by atoms with van der Waals surface area (Å²) in [5, 5.41) is 10.5. The van der Waals surface area contributed by atoms with Gasteiger partial charge in [-0.3, -0.25) is 0 Å². The van der Waals surface area contributed by atoms with Crippen LogP contribution in [0.2, 0.25) is 0 Å². The summed E-state index contributed by atoms with van der Waals surface area (Å²) in [6.07, 6.45) is 7.72. The van der Waals surface area contributed by atoms with Gasteiger partial charge in [0.15, 0.2) is 0 Å². The summed E-state index contributed by atoms with van der Waals surface area (Å²) < 4.78 is 0. The molecule has 1 heteroatoms. The molecule has 0 radical (unpaired) electrons. The maximum absolute atomic E-state index is 10.5. The van der Waals surface area contributed by atoms with Crippen LogP contribution >= 0.6 is 0 Å². The average molecular weight is 200 g/mol. The predicted octanol–water partition coefficient (Wildman–Crippen LogP) is 4.14. The van der Waals surface area contributed by atoms with Gasteiger partial charge in [0.2, 0.25) is 0 Å². The maximum atomic E-state index is 10.5. The quantitative estimate of drug-likeness (QED) is 0.624. The second kappa shape index (κ2) is 7.28. The van der Waals surface area contributed by atoms with Gasteiger partial charge < -0.3 is 5.11 Å². The molecule has 2 unspecified atom stereocenters. The highest BCUT2D eigenvalue weighted by Crippen LogP contribution is 2.31. The number of hydrogen-bond donors (Lipinski definition) is 1. The molecule has 86 valence electrons. The van der Waals surface area contributed by atoms with Gasteiger partial charge in [-0.25, -0.2) is 0 Å². The molecule has 0 heterocycles. The smallest absolute Gasteiger partial charge is 0.0673 e. The molecule has 0 saturated heterocycles. The Hall–Kier alpha value is -0.0400. The zero-order valence-electron chi connectivity index (χ0n) is 10.5. The van der Waals surface area contributed by atoms with E-state index in [2.05, 4.69) is 27.7 Å². The van der Waals surface area contributed by atoms with Crippen LogP contribution in [0.15, 0.2) is 0 Å². The predicted molar refractivity (Wildman–Crippen MR) is 63.5 cm³/mol. The van der Waals surface area contributed by atoms with E-state index in [4.69, 9.17) is 0 Å². The van der Waals surface area contributed by atoms with Gasteiger partial charge in [-0.15, -0.1) is 0 Å². The van der Waals surface area contributed by atoms with Crippen molar-refractivity contribution in [1.82, 2.24) is 0 Å². The Morgan fingerprint density at radius 3 is 2.07 bits per heavy atom. The molecule has 0 aliphatic heterocycles. The third-order valence-corrected chi connectivity index (χ3v) is 3.29. The van der Waals surface area contributed by atoms with Gasteiger partial charge >= 0.3 is 0 Å². The van der Waals surface area contributed by atoms with Crippen molar-refractivity contribution >= 4 is 0 Å². The van der Waals surface area contributed by atoms with Gasteiger partial charge in [0.25, 0.3) is 0 Å². The SMILES string of the molecule is CCCCC(O)(CCC)C(C)CCC. The van der Waals surface area contributed by atoms with Gasteiger partial charge in [0.1, 0.15) is 0 Å². The largest absolute Gasteiger partial charge is 0.390 e. The van der Waals surface area contributed by atoms with Crippen molar-refractivity contribution in [3.05, 3.63) is 0 Å². The van der Waals surface area contributed by atoms with Gasteiger partial charge in [0.05, 0.1) is 5.60 Å². The summed E-state index contributed by atoms with van der Waals surface area (Å²) in [6, 6.07) is 0. The van der Waals surface area contributed by atoms with E-state index in [-0.39, 0.29) is 5.60 Å². The lowest BCUT2D eigenvalue weighted by molar-refractivity contribution is -0.0327. The molecule has 0 saturated carbocycles. The molecule has 0 rings (SSSR count). The molecule has 0 aromatic rings. The molecular formula is C13H28O. The van der Waals surface area contributed by atoms with Crippen LogP contribution in [-0.2, 0) is 0 Å². The molecule has 0 aliphatic carbocycles. The third kappa shape index (κ3) is 4.45. The molecular weight excluding hydrogens is 172 g/mol. The maximum Gasteiger partial charge on any atom is 0.0673 e. The van der Waals surface area contributed by atoms with Crippen molar-refractivity contribution in [2.24, 2.45) is 5.92 Å². The van der Waals surface area contributed by atoms with E-state index in [1.807, 2.05) is 0 Å². The van der Waals surface area contributed by atoms with Crippen LogP contribution in [0.4, 0.5) is 0 Å². The fourth-order valence-electron chi connectivity index (χ4n) is 2.24. The van der Waals surface area contributed by atoms with Gasteiger partial charge in [0, 0.05) is 0 Å². The normalized spacial score (nSPS) is 17.8. The molecule has 14 heavy (non-hydrogen) atoms. The lowest BCUT2D eigenvalue weighted by atomic mass is 9.79. The Labute approximate surface area is 89.9 Å². The fraction of sp³-hybridized carbons (Fsp3) is 1.00. The number of hydrogen-bond acceptors (Lipinski definition) is 1. The molecule has 2 atom stereocenters. The van der Waals surface area contributed by atoms with Crippen molar-refractivity contribution in [3.63, 3.8) is 0 Å². The van der Waals surface area contributed by atoms with Gasteiger partial charge in [-0.1, -0.05) is 53.4 Å². The molecule has 0 aromatic carbocycles. The van der Waals surface area contributed by atoms with E-state index in [1.54, 1.807) is 0 Å². The Morgan fingerprint density at radius 1 is 1.00 bits per heavy atom. The molecule has 0 fully saturated rings. The van der Waals surface area contributed by atoms with Crippen LogP contribution in [-0.4, -0.2) is 10.7 Å². The van der Waals surface area contributed by atoms with E-state index < -0.39 is 0 Å². The minimum Gasteiger partial charge on any atom is -0.390 e. The van der Waals surface area contributed by atoms with E-state index in [1.165, 1.54) is 12.8 Å². The monoisotopic (exact) mass is 200 g/mol. The standard InChI is InChI=1S/C13H28O/c1-5-8-11-13(14,10-7-3)12(4)9-6-2/h12,14H,5-11H2,1-4H3. The topological polar surface area (TPSA) is 20.2 Å². The minimum absolute atomic E-state index is 0.388. The van der Waals surface area contributed by atoms with Crippen molar-refractivity contribution in [3.8, 4) is 0 Å². The van der Waals surface area contributed by atoms with Crippen LogP contribution in [0.25, 0.3) is 0 Å². The third-order valence-electron chi connectivity index (χ3n) is 3.29. The van der Waals surface area contributed by atoms with E-state index in [0.29, 0.717) is 5.92 Å². The summed E-state index contributed by atoms with van der Waals surface area (Å²) in [5.74, 6) is 0.457. The Kier molecular flexibility index (Phi) is 7.26. The van der Waals surface area contributed by atoms with Crippen molar-refractivity contribution in [2.45, 2.75) is 78.2 Å². The summed E-state index contributed by atoms with van der Waals surface area (Å²) in [5.41, 5.74) is -0.388. The van der Waals surface area contributed by atoms with Gasteiger partial charge in [-0.05, 0) is 25.2 Å². The molecule has 0 aromatic heterocycles. The van der Waals surface area contributed by atoms with Crippen LogP contribution in [0.1, 0.15) is 72.6 Å². The summed E-state index contributed by atoms with van der Waals surface area (Å²) in [6.45, 7) is 8.75. The van der Waals surface area contributed by atoms with Crippen LogP contribution in [0.3, 0.4) is 0 Å². The van der Waals surface area contributed by atoms with E-state index >= 15 is 0 Å². The molecule has 0 spiro atoms. The first-order valence-electron chi connectivity index (χ1n) is 6.33. The Bertz CT molecular complexity index is 133. The highest BCUT2D eigenvalue weighted by atomic mass is 16.3. The first-order valence-corrected chi connectivity index (χ1v) is 6.33. The van der Waals surface area contributed by atoms with Crippen LogP contribution < -0.4 is 0 Å². The second-order valence-electron chi connectivity index (χ2n) is 4.65. The van der Waals surface area contributed by atoms with Crippen molar-refractivity contribution < 1.29 is 5.11 Å². The second-order valence-corrected chi connectivity index (χ2v) is 4.65. The molecule has 0 amide bonds. The first kappa shape index (κ1) is 14.0. The van der Waals surface area contributed by atoms with E-state index in [0.717, 1.165) is 32.1 Å². The van der Waals surface area contributed by atoms with Gasteiger partial charge in [-0.2, -0.15) is 0 Å². The minimum atomic E-state index is -0.388. The lowest BCUT2D eigenvalue weighted by Gasteiger charge is -2.34. The zero-order chi connectivity index (χ0) is 11.0. The number of unbranched alkanes of at least 4 members (excludes halogenated alkanes) is 1. The Morgan fingerprint density at radius 2 is 1.64 bits per heavy atom. The molecule has 1 N–H and O–H groups in total. The van der Waals surface area contributed by atoms with Crippen LogP contribution in [0.5, 0.6) is 0 Å². The zero-order valence-corrected chi connectivity index (χ0v) is 10.5. The van der Waals surface area contributed by atoms with Crippen LogP contribution in [0, 0.1) is 5.92 Å². The van der Waals surface area contributed by atoms with Crippen molar-refractivity contribution in [2.75, 3.05) is 0 Å². The average Bonchev–Trinajstić information content (AvgIpc) is 2.15. The molecule has 1 nitrogen and oxygen atoms in total. The van der Waals surface area contributed by atoms with Crippen molar-refractivity contribution in [1.29, 1.82) is 0 Å². The summed E-state index contributed by atoms with van der Waals surface area (Å²) >= 11 is 0. The van der Waals surface area contributed by atoms with E-state index in [9.17, 15) is 5.11 Å². The molecule has 0 bridgehead atoms. The fourth-order valence-corrected chi connectivity index (χ4v) is 2.24. The highest BCUT2D eigenvalue weighted by Gasteiger charge is 2.31.